The molecular formula is C18H33N3. The summed E-state index contributed by atoms with van der Waals surface area (Å²) >= 11 is 0. The fraction of sp³-hybridized carbons (Fsp3) is 0.778. The van der Waals surface area contributed by atoms with Gasteiger partial charge in [-0.3, -0.25) is 0 Å². The van der Waals surface area contributed by atoms with Crippen LogP contribution in [0.2, 0.25) is 0 Å². The molecule has 0 amide bonds. The number of anilines is 1. The highest BCUT2D eigenvalue weighted by Crippen LogP contribution is 2.27. The summed E-state index contributed by atoms with van der Waals surface area (Å²) in [4.78, 5) is 11.6. The van der Waals surface area contributed by atoms with E-state index in [1.54, 1.807) is 0 Å². The fourth-order valence-corrected chi connectivity index (χ4v) is 2.68. The zero-order chi connectivity index (χ0) is 16.0. The third kappa shape index (κ3) is 4.98. The number of rotatable bonds is 2. The monoisotopic (exact) mass is 291 g/mol. The van der Waals surface area contributed by atoms with Crippen molar-refractivity contribution in [3.05, 3.63) is 18.0 Å². The Hall–Kier alpha value is -1.12. The smallest absolute Gasteiger partial charge is 0.225 e. The molecule has 0 N–H and O–H groups in total. The lowest BCUT2D eigenvalue weighted by molar-refractivity contribution is 0.309. The minimum atomic E-state index is 0.0912. The summed E-state index contributed by atoms with van der Waals surface area (Å²) in [5.74, 6) is 2.57. The average molecular weight is 291 g/mol. The van der Waals surface area contributed by atoms with Gasteiger partial charge in [-0.1, -0.05) is 48.5 Å². The summed E-state index contributed by atoms with van der Waals surface area (Å²) in [6.07, 6.45) is 4.43. The van der Waals surface area contributed by atoms with Crippen LogP contribution >= 0.6 is 0 Å². The summed E-state index contributed by atoms with van der Waals surface area (Å²) in [6, 6.07) is 2.03. The molecule has 1 aliphatic rings. The Morgan fingerprint density at radius 3 is 2.19 bits per heavy atom. The molecule has 1 saturated heterocycles. The first-order valence-corrected chi connectivity index (χ1v) is 8.46. The van der Waals surface area contributed by atoms with Crippen LogP contribution in [-0.2, 0) is 5.41 Å². The van der Waals surface area contributed by atoms with Crippen LogP contribution in [0.25, 0.3) is 0 Å². The third-order valence-electron chi connectivity index (χ3n) is 4.18. The topological polar surface area (TPSA) is 29.0 Å². The Balaban J connectivity index is 0.00000106. The Labute approximate surface area is 131 Å². The predicted molar refractivity (Wildman–Crippen MR) is 91.9 cm³/mol. The van der Waals surface area contributed by atoms with Crippen LogP contribution in [0.3, 0.4) is 0 Å². The Kier molecular flexibility index (Phi) is 6.63. The molecule has 0 aliphatic carbocycles. The largest absolute Gasteiger partial charge is 0.341 e. The van der Waals surface area contributed by atoms with Gasteiger partial charge in [0.05, 0.1) is 5.69 Å². The zero-order valence-electron chi connectivity index (χ0n) is 15.0. The van der Waals surface area contributed by atoms with Gasteiger partial charge in [0.15, 0.2) is 0 Å². The van der Waals surface area contributed by atoms with E-state index >= 15 is 0 Å². The van der Waals surface area contributed by atoms with Crippen molar-refractivity contribution < 1.29 is 0 Å². The normalized spacial score (nSPS) is 16.7. The van der Waals surface area contributed by atoms with Crippen molar-refractivity contribution in [3.63, 3.8) is 0 Å². The van der Waals surface area contributed by atoms with Crippen molar-refractivity contribution in [2.45, 2.75) is 66.7 Å². The molecule has 1 aromatic heterocycles. The Morgan fingerprint density at radius 2 is 1.71 bits per heavy atom. The molecule has 0 aromatic carbocycles. The zero-order valence-corrected chi connectivity index (χ0v) is 15.0. The van der Waals surface area contributed by atoms with E-state index in [2.05, 4.69) is 44.5 Å². The summed E-state index contributed by atoms with van der Waals surface area (Å²) in [5.41, 5.74) is 1.22. The second kappa shape index (κ2) is 7.77. The Bertz CT molecular complexity index is 413. The van der Waals surface area contributed by atoms with Crippen LogP contribution in [0.1, 0.15) is 67.0 Å². The van der Waals surface area contributed by atoms with E-state index in [1.807, 2.05) is 26.1 Å². The minimum absolute atomic E-state index is 0.0912. The molecule has 1 aromatic rings. The maximum Gasteiger partial charge on any atom is 0.225 e. The highest BCUT2D eigenvalue weighted by Gasteiger charge is 2.24. The van der Waals surface area contributed by atoms with E-state index in [1.165, 1.54) is 12.8 Å². The first-order chi connectivity index (χ1) is 9.88. The van der Waals surface area contributed by atoms with E-state index < -0.39 is 0 Å². The van der Waals surface area contributed by atoms with Crippen molar-refractivity contribution in [3.8, 4) is 0 Å². The molecular weight excluding hydrogens is 258 g/mol. The molecule has 3 nitrogen and oxygen atoms in total. The maximum atomic E-state index is 4.75. The van der Waals surface area contributed by atoms with E-state index in [0.717, 1.165) is 36.6 Å². The van der Waals surface area contributed by atoms with E-state index in [-0.39, 0.29) is 5.41 Å². The number of hydrogen-bond donors (Lipinski definition) is 0. The number of piperidine rings is 1. The lowest BCUT2D eigenvalue weighted by Crippen LogP contribution is -2.36. The molecule has 1 fully saturated rings. The average Bonchev–Trinajstić information content (AvgIpc) is 2.49. The highest BCUT2D eigenvalue weighted by atomic mass is 15.3. The van der Waals surface area contributed by atoms with Gasteiger partial charge >= 0.3 is 0 Å². The predicted octanol–water partition coefficient (Wildman–Crippen LogP) is 4.67. The molecule has 3 heteroatoms. The standard InChI is InChI=1S/C16H27N3.C2H6/c1-12(2)13-7-10-19(11-8-13)15-17-9-6-14(18-15)16(3,4)5;1-2/h6,9,12-13H,7-8,10-11H2,1-5H3;1-2H3. The SMILES string of the molecule is CC.CC(C)C1CCN(c2nccc(C(C)(C)C)n2)CC1. The van der Waals surface area contributed by atoms with Gasteiger partial charge in [-0.15, -0.1) is 0 Å². The summed E-state index contributed by atoms with van der Waals surface area (Å²) in [5, 5.41) is 0. The molecule has 0 radical (unpaired) electrons. The van der Waals surface area contributed by atoms with Gasteiger partial charge < -0.3 is 4.90 Å². The lowest BCUT2D eigenvalue weighted by atomic mass is 9.87. The molecule has 2 heterocycles. The summed E-state index contributed by atoms with van der Waals surface area (Å²) in [6.45, 7) is 17.4. The second-order valence-electron chi connectivity index (χ2n) is 7.06. The van der Waals surface area contributed by atoms with Crippen LogP contribution in [0.15, 0.2) is 12.3 Å². The number of nitrogens with zero attached hydrogens (tertiary/aromatic N) is 3. The van der Waals surface area contributed by atoms with Gasteiger partial charge in [0.2, 0.25) is 5.95 Å². The van der Waals surface area contributed by atoms with Crippen molar-refractivity contribution in [2.75, 3.05) is 18.0 Å². The van der Waals surface area contributed by atoms with E-state index in [4.69, 9.17) is 4.98 Å². The van der Waals surface area contributed by atoms with Crippen molar-refractivity contribution in [2.24, 2.45) is 11.8 Å². The van der Waals surface area contributed by atoms with Crippen molar-refractivity contribution >= 4 is 5.95 Å². The molecule has 0 bridgehead atoms. The molecule has 0 saturated carbocycles. The molecule has 0 atom stereocenters. The first kappa shape index (κ1) is 17.9. The van der Waals surface area contributed by atoms with Gasteiger partial charge in [0, 0.05) is 24.7 Å². The van der Waals surface area contributed by atoms with Crippen LogP contribution in [0, 0.1) is 11.8 Å². The molecule has 2 rings (SSSR count). The molecule has 120 valence electrons. The quantitative estimate of drug-likeness (QED) is 0.792. The lowest BCUT2D eigenvalue weighted by Gasteiger charge is -2.34. The van der Waals surface area contributed by atoms with Gasteiger partial charge in [-0.25, -0.2) is 9.97 Å². The van der Waals surface area contributed by atoms with Gasteiger partial charge in [-0.05, 0) is 30.7 Å². The molecule has 0 spiro atoms. The van der Waals surface area contributed by atoms with Gasteiger partial charge in [0.25, 0.3) is 0 Å². The van der Waals surface area contributed by atoms with Crippen LogP contribution in [0.4, 0.5) is 5.95 Å². The first-order valence-electron chi connectivity index (χ1n) is 8.46. The van der Waals surface area contributed by atoms with Crippen molar-refractivity contribution in [1.29, 1.82) is 0 Å². The van der Waals surface area contributed by atoms with Crippen molar-refractivity contribution in [1.82, 2.24) is 9.97 Å². The number of aromatic nitrogens is 2. The van der Waals surface area contributed by atoms with Crippen LogP contribution in [0.5, 0.6) is 0 Å². The van der Waals surface area contributed by atoms with Crippen LogP contribution < -0.4 is 4.90 Å². The maximum absolute atomic E-state index is 4.75. The molecule has 0 unspecified atom stereocenters. The molecule has 21 heavy (non-hydrogen) atoms. The van der Waals surface area contributed by atoms with E-state index in [0.29, 0.717) is 0 Å². The fourth-order valence-electron chi connectivity index (χ4n) is 2.68. The van der Waals surface area contributed by atoms with Crippen LogP contribution in [-0.4, -0.2) is 23.1 Å². The van der Waals surface area contributed by atoms with Gasteiger partial charge in [-0.2, -0.15) is 0 Å². The molecule has 1 aliphatic heterocycles. The minimum Gasteiger partial charge on any atom is -0.341 e. The number of hydrogen-bond acceptors (Lipinski definition) is 3. The second-order valence-corrected chi connectivity index (χ2v) is 7.06. The Morgan fingerprint density at radius 1 is 1.14 bits per heavy atom. The highest BCUT2D eigenvalue weighted by molar-refractivity contribution is 5.32. The summed E-state index contributed by atoms with van der Waals surface area (Å²) in [7, 11) is 0. The van der Waals surface area contributed by atoms with E-state index in [9.17, 15) is 0 Å². The summed E-state index contributed by atoms with van der Waals surface area (Å²) < 4.78 is 0. The third-order valence-corrected chi connectivity index (χ3v) is 4.18. The van der Waals surface area contributed by atoms with Gasteiger partial charge in [0.1, 0.15) is 0 Å².